The molecule has 0 atom stereocenters. The molecule has 0 saturated carbocycles. The Labute approximate surface area is 134 Å². The number of guanidine groups is 1. The third-order valence-corrected chi connectivity index (χ3v) is 3.92. The van der Waals surface area contributed by atoms with Crippen LogP contribution in [0.4, 0.5) is 5.13 Å². The van der Waals surface area contributed by atoms with Crippen molar-refractivity contribution in [2.45, 2.75) is 19.9 Å². The van der Waals surface area contributed by atoms with Crippen molar-refractivity contribution in [1.82, 2.24) is 10.3 Å². The second kappa shape index (κ2) is 7.65. The highest BCUT2D eigenvalue weighted by Crippen LogP contribution is 2.27. The smallest absolute Gasteiger partial charge is 0.195 e. The lowest BCUT2D eigenvalue weighted by molar-refractivity contribution is 0.384. The number of benzene rings is 1. The van der Waals surface area contributed by atoms with Gasteiger partial charge in [-0.1, -0.05) is 13.0 Å². The normalized spacial score (nSPS) is 10.1. The third kappa shape index (κ3) is 3.88. The Morgan fingerprint density at radius 2 is 1.95 bits per heavy atom. The van der Waals surface area contributed by atoms with Crippen LogP contribution >= 0.6 is 11.3 Å². The molecule has 7 heteroatoms. The summed E-state index contributed by atoms with van der Waals surface area (Å²) in [5.41, 5.74) is 1.89. The molecule has 0 aliphatic heterocycles. The van der Waals surface area contributed by atoms with Crippen molar-refractivity contribution in [3.63, 3.8) is 0 Å². The molecule has 6 nitrogen and oxygen atoms in total. The number of rotatable bonds is 6. The molecule has 0 bridgehead atoms. The minimum absolute atomic E-state index is 0.185. The molecule has 22 heavy (non-hydrogen) atoms. The predicted octanol–water partition coefficient (Wildman–Crippen LogP) is 2.86. The van der Waals surface area contributed by atoms with E-state index in [0.717, 1.165) is 29.2 Å². The Morgan fingerprint density at radius 1 is 1.27 bits per heavy atom. The van der Waals surface area contributed by atoms with Gasteiger partial charge >= 0.3 is 0 Å². The van der Waals surface area contributed by atoms with Crippen LogP contribution in [0, 0.1) is 5.41 Å². The topological polar surface area (TPSA) is 79.3 Å². The maximum atomic E-state index is 7.96. The third-order valence-electron chi connectivity index (χ3n) is 3.12. The average molecular weight is 320 g/mol. The fraction of sp³-hybridized carbons (Fsp3) is 0.333. The van der Waals surface area contributed by atoms with Crippen LogP contribution in [0.3, 0.4) is 0 Å². The zero-order valence-electron chi connectivity index (χ0n) is 12.9. The molecule has 118 valence electrons. The molecule has 2 rings (SSSR count). The summed E-state index contributed by atoms with van der Waals surface area (Å²) in [7, 11) is 3.23. The van der Waals surface area contributed by atoms with E-state index in [-0.39, 0.29) is 5.96 Å². The molecule has 1 aromatic heterocycles. The van der Waals surface area contributed by atoms with E-state index < -0.39 is 0 Å². The molecule has 0 unspecified atom stereocenters. The summed E-state index contributed by atoms with van der Waals surface area (Å²) < 4.78 is 10.7. The first-order valence-corrected chi connectivity index (χ1v) is 7.79. The quantitative estimate of drug-likeness (QED) is 0.563. The SMILES string of the molecule is CCc1csc(NC(=N)NCc2c(OC)cccc2OC)n1. The van der Waals surface area contributed by atoms with Crippen molar-refractivity contribution in [2.24, 2.45) is 0 Å². The van der Waals surface area contributed by atoms with Crippen molar-refractivity contribution in [3.8, 4) is 11.5 Å². The molecule has 3 N–H and O–H groups in total. The number of aromatic nitrogens is 1. The second-order valence-corrected chi connectivity index (χ2v) is 5.35. The van der Waals surface area contributed by atoms with Gasteiger partial charge in [0.2, 0.25) is 0 Å². The highest BCUT2D eigenvalue weighted by Gasteiger charge is 2.10. The fourth-order valence-corrected chi connectivity index (χ4v) is 2.75. The lowest BCUT2D eigenvalue weighted by Gasteiger charge is -2.14. The van der Waals surface area contributed by atoms with Gasteiger partial charge in [-0.15, -0.1) is 11.3 Å². The van der Waals surface area contributed by atoms with Crippen LogP contribution in [0.1, 0.15) is 18.2 Å². The van der Waals surface area contributed by atoms with Gasteiger partial charge in [-0.25, -0.2) is 4.98 Å². The maximum absolute atomic E-state index is 7.96. The summed E-state index contributed by atoms with van der Waals surface area (Å²) >= 11 is 1.49. The van der Waals surface area contributed by atoms with Crippen molar-refractivity contribution >= 4 is 22.4 Å². The number of hydrogen-bond acceptors (Lipinski definition) is 5. The van der Waals surface area contributed by atoms with Gasteiger partial charge in [0.25, 0.3) is 0 Å². The van der Waals surface area contributed by atoms with Crippen molar-refractivity contribution in [3.05, 3.63) is 34.8 Å². The summed E-state index contributed by atoms with van der Waals surface area (Å²) in [5, 5.41) is 16.6. The molecular formula is C15H20N4O2S. The number of aryl methyl sites for hydroxylation is 1. The standard InChI is InChI=1S/C15H20N4O2S/c1-4-10-9-22-15(18-10)19-14(16)17-8-11-12(20-2)6-5-7-13(11)21-3/h5-7,9H,4,8H2,1-3H3,(H3,16,17,18,19). The fourth-order valence-electron chi connectivity index (χ4n) is 1.96. The minimum Gasteiger partial charge on any atom is -0.496 e. The first kappa shape index (κ1) is 16.1. The van der Waals surface area contributed by atoms with Crippen LogP contribution in [0.15, 0.2) is 23.6 Å². The van der Waals surface area contributed by atoms with Gasteiger partial charge in [0.05, 0.1) is 32.0 Å². The van der Waals surface area contributed by atoms with E-state index in [0.29, 0.717) is 11.7 Å². The van der Waals surface area contributed by atoms with Crippen LogP contribution in [0.25, 0.3) is 0 Å². The second-order valence-electron chi connectivity index (χ2n) is 4.49. The highest BCUT2D eigenvalue weighted by atomic mass is 32.1. The zero-order chi connectivity index (χ0) is 15.9. The van der Waals surface area contributed by atoms with E-state index in [4.69, 9.17) is 14.9 Å². The number of hydrogen-bond donors (Lipinski definition) is 3. The first-order chi connectivity index (χ1) is 10.7. The van der Waals surface area contributed by atoms with Gasteiger partial charge in [-0.2, -0.15) is 0 Å². The van der Waals surface area contributed by atoms with E-state index in [1.54, 1.807) is 14.2 Å². The summed E-state index contributed by atoms with van der Waals surface area (Å²) in [6.07, 6.45) is 0.886. The van der Waals surface area contributed by atoms with Gasteiger partial charge < -0.3 is 20.1 Å². The number of nitrogens with one attached hydrogen (secondary N) is 3. The Balaban J connectivity index is 1.99. The number of nitrogens with zero attached hydrogens (tertiary/aromatic N) is 1. The van der Waals surface area contributed by atoms with E-state index in [2.05, 4.69) is 22.5 Å². The number of ether oxygens (including phenoxy) is 2. The van der Waals surface area contributed by atoms with Gasteiger partial charge in [-0.3, -0.25) is 5.41 Å². The Kier molecular flexibility index (Phi) is 5.60. The van der Waals surface area contributed by atoms with Crippen molar-refractivity contribution < 1.29 is 9.47 Å². The van der Waals surface area contributed by atoms with Gasteiger partial charge in [-0.05, 0) is 18.6 Å². The average Bonchev–Trinajstić information content (AvgIpc) is 2.99. The lowest BCUT2D eigenvalue weighted by Crippen LogP contribution is -2.29. The van der Waals surface area contributed by atoms with Crippen LogP contribution in [-0.4, -0.2) is 25.2 Å². The molecule has 1 heterocycles. The number of methoxy groups -OCH3 is 2. The minimum atomic E-state index is 0.185. The number of anilines is 1. The largest absolute Gasteiger partial charge is 0.496 e. The first-order valence-electron chi connectivity index (χ1n) is 6.91. The van der Waals surface area contributed by atoms with Gasteiger partial charge in [0, 0.05) is 5.38 Å². The van der Waals surface area contributed by atoms with E-state index in [1.807, 2.05) is 23.6 Å². The van der Waals surface area contributed by atoms with Crippen molar-refractivity contribution in [2.75, 3.05) is 19.5 Å². The molecule has 0 fully saturated rings. The van der Waals surface area contributed by atoms with Gasteiger partial charge in [0.15, 0.2) is 11.1 Å². The molecule has 0 aliphatic rings. The molecule has 0 saturated heterocycles. The van der Waals surface area contributed by atoms with Crippen molar-refractivity contribution in [1.29, 1.82) is 5.41 Å². The molecule has 0 radical (unpaired) electrons. The van der Waals surface area contributed by atoms with Gasteiger partial charge in [0.1, 0.15) is 11.5 Å². The maximum Gasteiger partial charge on any atom is 0.195 e. The van der Waals surface area contributed by atoms with E-state index >= 15 is 0 Å². The van der Waals surface area contributed by atoms with Crippen LogP contribution in [0.2, 0.25) is 0 Å². The molecule has 0 amide bonds. The Bertz CT molecular complexity index is 620. The molecule has 2 aromatic rings. The number of thiazole rings is 1. The Morgan fingerprint density at radius 3 is 2.50 bits per heavy atom. The predicted molar refractivity (Wildman–Crippen MR) is 89.2 cm³/mol. The molecule has 0 aliphatic carbocycles. The monoisotopic (exact) mass is 320 g/mol. The zero-order valence-corrected chi connectivity index (χ0v) is 13.7. The molecule has 0 spiro atoms. The summed E-state index contributed by atoms with van der Waals surface area (Å²) in [6.45, 7) is 2.47. The van der Waals surface area contributed by atoms with Crippen LogP contribution in [0.5, 0.6) is 11.5 Å². The van der Waals surface area contributed by atoms with E-state index in [1.165, 1.54) is 11.3 Å². The summed E-state index contributed by atoms with van der Waals surface area (Å²) in [4.78, 5) is 4.37. The van der Waals surface area contributed by atoms with Crippen LogP contribution in [-0.2, 0) is 13.0 Å². The lowest BCUT2D eigenvalue weighted by atomic mass is 10.1. The summed E-state index contributed by atoms with van der Waals surface area (Å²) in [5.74, 6) is 1.63. The molecule has 1 aromatic carbocycles. The van der Waals surface area contributed by atoms with E-state index in [9.17, 15) is 0 Å². The summed E-state index contributed by atoms with van der Waals surface area (Å²) in [6, 6.07) is 5.60. The van der Waals surface area contributed by atoms with Crippen LogP contribution < -0.4 is 20.1 Å². The molecular weight excluding hydrogens is 300 g/mol. The highest BCUT2D eigenvalue weighted by molar-refractivity contribution is 7.13. The Hall–Kier alpha value is -2.28.